The molecule has 0 spiro atoms. The number of carbonyl (C=O) groups excluding carboxylic acids is 1. The van der Waals surface area contributed by atoms with Crippen molar-refractivity contribution in [1.29, 1.82) is 0 Å². The van der Waals surface area contributed by atoms with Crippen LogP contribution < -0.4 is 5.32 Å². The summed E-state index contributed by atoms with van der Waals surface area (Å²) < 4.78 is 0. The van der Waals surface area contributed by atoms with E-state index in [-0.39, 0.29) is 17.8 Å². The molecule has 0 saturated carbocycles. The molecule has 64 valence electrons. The van der Waals surface area contributed by atoms with Crippen molar-refractivity contribution in [3.05, 3.63) is 24.3 Å². The molecule has 1 aromatic rings. The highest BCUT2D eigenvalue weighted by molar-refractivity contribution is 5.90. The summed E-state index contributed by atoms with van der Waals surface area (Å²) in [7, 11) is 0. The van der Waals surface area contributed by atoms with Gasteiger partial charge in [-0.05, 0) is 19.9 Å². The van der Waals surface area contributed by atoms with E-state index >= 15 is 0 Å². The number of hydrogen-bond acceptors (Lipinski definition) is 3. The van der Waals surface area contributed by atoms with E-state index in [1.165, 1.54) is 0 Å². The van der Waals surface area contributed by atoms with Crippen molar-refractivity contribution in [2.75, 3.05) is 0 Å². The number of nitrogens with zero attached hydrogens (tertiary/aromatic N) is 2. The molecule has 1 heterocycles. The summed E-state index contributed by atoms with van der Waals surface area (Å²) in [5.41, 5.74) is 0. The average Bonchev–Trinajstić information content (AvgIpc) is 2.05. The van der Waals surface area contributed by atoms with E-state index in [2.05, 4.69) is 15.3 Å². The van der Waals surface area contributed by atoms with Crippen LogP contribution in [0.25, 0.3) is 0 Å². The number of carbonyl (C=O) groups is 1. The lowest BCUT2D eigenvalue weighted by Crippen LogP contribution is -2.31. The molecule has 0 bridgehead atoms. The molecule has 1 amide bonds. The molecule has 4 heteroatoms. The van der Waals surface area contributed by atoms with Gasteiger partial charge in [0, 0.05) is 18.4 Å². The normalized spacial score (nSPS) is 9.92. The van der Waals surface area contributed by atoms with Crippen molar-refractivity contribution < 1.29 is 4.79 Å². The summed E-state index contributed by atoms with van der Waals surface area (Å²) in [5, 5.41) is 2.70. The van der Waals surface area contributed by atoms with Gasteiger partial charge in [-0.1, -0.05) is 0 Å². The van der Waals surface area contributed by atoms with E-state index in [1.54, 1.807) is 18.5 Å². The van der Waals surface area contributed by atoms with Gasteiger partial charge in [-0.3, -0.25) is 4.79 Å². The third-order valence-corrected chi connectivity index (χ3v) is 1.19. The Kier molecular flexibility index (Phi) is 2.74. The number of amides is 1. The van der Waals surface area contributed by atoms with Crippen LogP contribution in [0.5, 0.6) is 0 Å². The summed E-state index contributed by atoms with van der Waals surface area (Å²) in [5.74, 6) is -0.0169. The Bertz CT molecular complexity index is 258. The highest BCUT2D eigenvalue weighted by atomic mass is 16.2. The zero-order valence-corrected chi connectivity index (χ0v) is 7.11. The second-order valence-electron chi connectivity index (χ2n) is 2.70. The van der Waals surface area contributed by atoms with E-state index in [0.29, 0.717) is 0 Å². The van der Waals surface area contributed by atoms with Gasteiger partial charge in [0.25, 0.3) is 5.91 Å². The Morgan fingerprint density at radius 3 is 2.50 bits per heavy atom. The molecule has 0 aliphatic rings. The van der Waals surface area contributed by atoms with Gasteiger partial charge in [0.15, 0.2) is 0 Å². The average molecular weight is 165 g/mol. The monoisotopic (exact) mass is 165 g/mol. The maximum absolute atomic E-state index is 11.2. The maximum Gasteiger partial charge on any atom is 0.289 e. The van der Waals surface area contributed by atoms with Gasteiger partial charge in [-0.2, -0.15) is 0 Å². The molecular weight excluding hydrogens is 154 g/mol. The molecule has 1 rings (SSSR count). The van der Waals surface area contributed by atoms with Crippen LogP contribution in [-0.2, 0) is 0 Å². The van der Waals surface area contributed by atoms with E-state index in [0.717, 1.165) is 0 Å². The second kappa shape index (κ2) is 3.80. The third-order valence-electron chi connectivity index (χ3n) is 1.19. The molecular formula is C8H11N3O. The molecule has 0 unspecified atom stereocenters. The Labute approximate surface area is 71.0 Å². The summed E-state index contributed by atoms with van der Waals surface area (Å²) in [6.07, 6.45) is 3.09. The van der Waals surface area contributed by atoms with Crippen LogP contribution in [0, 0.1) is 0 Å². The van der Waals surface area contributed by atoms with Gasteiger partial charge < -0.3 is 5.32 Å². The number of nitrogens with one attached hydrogen (secondary N) is 1. The van der Waals surface area contributed by atoms with Crippen molar-refractivity contribution in [1.82, 2.24) is 15.3 Å². The topological polar surface area (TPSA) is 54.9 Å². The first-order valence-electron chi connectivity index (χ1n) is 3.78. The van der Waals surface area contributed by atoms with E-state index in [4.69, 9.17) is 0 Å². The summed E-state index contributed by atoms with van der Waals surface area (Å²) in [4.78, 5) is 18.8. The molecule has 0 aliphatic heterocycles. The summed E-state index contributed by atoms with van der Waals surface area (Å²) >= 11 is 0. The van der Waals surface area contributed by atoms with Gasteiger partial charge >= 0.3 is 0 Å². The first kappa shape index (κ1) is 8.64. The van der Waals surface area contributed by atoms with Crippen LogP contribution in [0.15, 0.2) is 18.5 Å². The number of rotatable bonds is 2. The minimum Gasteiger partial charge on any atom is -0.347 e. The van der Waals surface area contributed by atoms with E-state index in [9.17, 15) is 4.79 Å². The molecule has 0 fully saturated rings. The Hall–Kier alpha value is -1.45. The predicted octanol–water partition coefficient (Wildman–Crippen LogP) is 0.615. The van der Waals surface area contributed by atoms with Gasteiger partial charge in [-0.15, -0.1) is 0 Å². The number of aromatic nitrogens is 2. The van der Waals surface area contributed by atoms with Gasteiger partial charge in [0.2, 0.25) is 5.82 Å². The molecule has 0 aromatic carbocycles. The largest absolute Gasteiger partial charge is 0.347 e. The van der Waals surface area contributed by atoms with Crippen LogP contribution in [-0.4, -0.2) is 21.9 Å². The van der Waals surface area contributed by atoms with E-state index < -0.39 is 0 Å². The van der Waals surface area contributed by atoms with Crippen molar-refractivity contribution >= 4 is 5.91 Å². The first-order chi connectivity index (χ1) is 5.70. The second-order valence-corrected chi connectivity index (χ2v) is 2.70. The zero-order chi connectivity index (χ0) is 8.97. The van der Waals surface area contributed by atoms with Crippen molar-refractivity contribution in [3.63, 3.8) is 0 Å². The van der Waals surface area contributed by atoms with E-state index in [1.807, 2.05) is 13.8 Å². The van der Waals surface area contributed by atoms with Crippen molar-refractivity contribution in [2.45, 2.75) is 19.9 Å². The minimum atomic E-state index is -0.231. The first-order valence-corrected chi connectivity index (χ1v) is 3.78. The van der Waals surface area contributed by atoms with Crippen LogP contribution in [0.2, 0.25) is 0 Å². The highest BCUT2D eigenvalue weighted by Crippen LogP contribution is 1.88. The lowest BCUT2D eigenvalue weighted by molar-refractivity contribution is 0.0932. The Morgan fingerprint density at radius 2 is 2.00 bits per heavy atom. The van der Waals surface area contributed by atoms with Crippen molar-refractivity contribution in [3.8, 4) is 0 Å². The molecule has 0 atom stereocenters. The SMILES string of the molecule is CC(C)NC(=O)c1ncccn1. The lowest BCUT2D eigenvalue weighted by atomic mass is 10.4. The molecule has 0 aliphatic carbocycles. The lowest BCUT2D eigenvalue weighted by Gasteiger charge is -2.05. The number of hydrogen-bond donors (Lipinski definition) is 1. The molecule has 0 saturated heterocycles. The van der Waals surface area contributed by atoms with Gasteiger partial charge in [-0.25, -0.2) is 9.97 Å². The third kappa shape index (κ3) is 2.30. The molecule has 1 aromatic heterocycles. The fraction of sp³-hybridized carbons (Fsp3) is 0.375. The summed E-state index contributed by atoms with van der Waals surface area (Å²) in [6.45, 7) is 3.78. The highest BCUT2D eigenvalue weighted by Gasteiger charge is 2.07. The predicted molar refractivity (Wildman–Crippen MR) is 44.6 cm³/mol. The fourth-order valence-electron chi connectivity index (χ4n) is 0.743. The zero-order valence-electron chi connectivity index (χ0n) is 7.11. The fourth-order valence-corrected chi connectivity index (χ4v) is 0.743. The molecule has 0 radical (unpaired) electrons. The smallest absolute Gasteiger partial charge is 0.289 e. The van der Waals surface area contributed by atoms with Gasteiger partial charge in [0.1, 0.15) is 0 Å². The molecule has 1 N–H and O–H groups in total. The van der Waals surface area contributed by atoms with Crippen LogP contribution in [0.1, 0.15) is 24.5 Å². The Morgan fingerprint density at radius 1 is 1.42 bits per heavy atom. The quantitative estimate of drug-likeness (QED) is 0.698. The Balaban J connectivity index is 2.66. The standard InChI is InChI=1S/C8H11N3O/c1-6(2)11-8(12)7-9-4-3-5-10-7/h3-6H,1-2H3,(H,11,12). The van der Waals surface area contributed by atoms with Crippen molar-refractivity contribution in [2.24, 2.45) is 0 Å². The molecule has 12 heavy (non-hydrogen) atoms. The van der Waals surface area contributed by atoms with Crippen LogP contribution >= 0.6 is 0 Å². The maximum atomic E-state index is 11.2. The van der Waals surface area contributed by atoms with Gasteiger partial charge in [0.05, 0.1) is 0 Å². The summed E-state index contributed by atoms with van der Waals surface area (Å²) in [6, 6.07) is 1.79. The van der Waals surface area contributed by atoms with Crippen LogP contribution in [0.3, 0.4) is 0 Å². The minimum absolute atomic E-state index is 0.112. The molecule has 4 nitrogen and oxygen atoms in total. The van der Waals surface area contributed by atoms with Crippen LogP contribution in [0.4, 0.5) is 0 Å².